The van der Waals surface area contributed by atoms with Gasteiger partial charge in [-0.2, -0.15) is 11.8 Å². The van der Waals surface area contributed by atoms with Gasteiger partial charge in [-0.1, -0.05) is 0 Å². The molecule has 3 rings (SSSR count). The minimum Gasteiger partial charge on any atom is -0.381 e. The molecule has 0 unspecified atom stereocenters. The Morgan fingerprint density at radius 2 is 1.81 bits per heavy atom. The Morgan fingerprint density at radius 1 is 1.19 bits per heavy atom. The van der Waals surface area contributed by atoms with Crippen molar-refractivity contribution in [2.45, 2.75) is 17.6 Å². The molecule has 0 atom stereocenters. The van der Waals surface area contributed by atoms with E-state index in [1.807, 2.05) is 23.9 Å². The minimum absolute atomic E-state index is 0. The summed E-state index contributed by atoms with van der Waals surface area (Å²) in [6.07, 6.45) is 4.21. The summed E-state index contributed by atoms with van der Waals surface area (Å²) in [4.78, 5) is 9.10. The number of halogens is 2. The van der Waals surface area contributed by atoms with Crippen molar-refractivity contribution in [3.8, 4) is 0 Å². The van der Waals surface area contributed by atoms with Crippen molar-refractivity contribution in [2.75, 3.05) is 57.1 Å². The SMILES string of the molecule is CSC1(CN=C(N)N2CCN(c3ccc(F)cc3)CC2)CCOCC1.I. The lowest BCUT2D eigenvalue weighted by molar-refractivity contribution is 0.0793. The van der Waals surface area contributed by atoms with Crippen LogP contribution >= 0.6 is 35.7 Å². The van der Waals surface area contributed by atoms with Gasteiger partial charge in [0.2, 0.25) is 0 Å². The maximum absolute atomic E-state index is 13.1. The van der Waals surface area contributed by atoms with E-state index in [0.29, 0.717) is 5.96 Å². The van der Waals surface area contributed by atoms with Crippen LogP contribution in [0.4, 0.5) is 10.1 Å². The van der Waals surface area contributed by atoms with E-state index in [4.69, 9.17) is 15.5 Å². The largest absolute Gasteiger partial charge is 0.381 e. The predicted octanol–water partition coefficient (Wildman–Crippen LogP) is 2.79. The van der Waals surface area contributed by atoms with Crippen LogP contribution in [0.2, 0.25) is 0 Å². The summed E-state index contributed by atoms with van der Waals surface area (Å²) in [6.45, 7) is 5.78. The lowest BCUT2D eigenvalue weighted by Crippen LogP contribution is -2.51. The van der Waals surface area contributed by atoms with Crippen LogP contribution in [-0.4, -0.2) is 67.8 Å². The fourth-order valence-corrected chi connectivity index (χ4v) is 4.11. The van der Waals surface area contributed by atoms with E-state index in [9.17, 15) is 4.39 Å². The number of piperazine rings is 1. The second-order valence-corrected chi connectivity index (χ2v) is 7.90. The molecule has 2 saturated heterocycles. The molecule has 5 nitrogen and oxygen atoms in total. The highest BCUT2D eigenvalue weighted by atomic mass is 127. The molecular weight excluding hydrogens is 466 g/mol. The Hall–Kier alpha value is -0.740. The Labute approximate surface area is 176 Å². The van der Waals surface area contributed by atoms with Gasteiger partial charge in [0.15, 0.2) is 5.96 Å². The second-order valence-electron chi connectivity index (χ2n) is 6.62. The van der Waals surface area contributed by atoms with Crippen LogP contribution in [0, 0.1) is 5.82 Å². The fraction of sp³-hybridized carbons (Fsp3) is 0.611. The molecule has 1 aromatic carbocycles. The van der Waals surface area contributed by atoms with Gasteiger partial charge in [-0.05, 0) is 43.4 Å². The van der Waals surface area contributed by atoms with Crippen LogP contribution < -0.4 is 10.6 Å². The highest BCUT2D eigenvalue weighted by molar-refractivity contribution is 14.0. The number of benzene rings is 1. The van der Waals surface area contributed by atoms with Crippen LogP contribution in [0.5, 0.6) is 0 Å². The van der Waals surface area contributed by atoms with Crippen molar-refractivity contribution in [2.24, 2.45) is 10.7 Å². The molecule has 0 amide bonds. The quantitative estimate of drug-likeness (QED) is 0.397. The highest BCUT2D eigenvalue weighted by Gasteiger charge is 2.32. The molecule has 2 aliphatic rings. The molecule has 2 heterocycles. The molecule has 0 aromatic heterocycles. The number of thioether (sulfide) groups is 1. The number of aliphatic imine (C=N–C) groups is 1. The van der Waals surface area contributed by atoms with Crippen LogP contribution in [0.1, 0.15) is 12.8 Å². The molecule has 2 N–H and O–H groups in total. The van der Waals surface area contributed by atoms with E-state index >= 15 is 0 Å². The van der Waals surface area contributed by atoms with E-state index in [2.05, 4.69) is 16.1 Å². The van der Waals surface area contributed by atoms with Crippen molar-refractivity contribution in [1.82, 2.24) is 4.90 Å². The Balaban J connectivity index is 0.00000243. The lowest BCUT2D eigenvalue weighted by atomic mass is 9.99. The Kier molecular flexibility index (Phi) is 8.28. The van der Waals surface area contributed by atoms with Gasteiger partial charge in [0, 0.05) is 49.8 Å². The zero-order valence-electron chi connectivity index (χ0n) is 15.2. The van der Waals surface area contributed by atoms with Crippen molar-refractivity contribution in [3.05, 3.63) is 30.1 Å². The number of rotatable bonds is 4. The van der Waals surface area contributed by atoms with Gasteiger partial charge in [0.25, 0.3) is 0 Å². The van der Waals surface area contributed by atoms with E-state index in [0.717, 1.165) is 64.5 Å². The van der Waals surface area contributed by atoms with Gasteiger partial charge in [-0.25, -0.2) is 4.39 Å². The van der Waals surface area contributed by atoms with Crippen molar-refractivity contribution >= 4 is 47.4 Å². The molecule has 0 radical (unpaired) electrons. The monoisotopic (exact) mass is 494 g/mol. The van der Waals surface area contributed by atoms with Crippen LogP contribution in [0.3, 0.4) is 0 Å². The average molecular weight is 494 g/mol. The summed E-state index contributed by atoms with van der Waals surface area (Å²) < 4.78 is 18.7. The summed E-state index contributed by atoms with van der Waals surface area (Å²) in [7, 11) is 0. The standard InChI is InChI=1S/C18H27FN4OS.HI/c1-25-18(6-12-24-13-7-18)14-21-17(20)23-10-8-22(9-11-23)16-4-2-15(19)3-5-16;/h2-5H,6-14H2,1H3,(H2,20,21);1H. The van der Waals surface area contributed by atoms with Gasteiger partial charge in [-0.3, -0.25) is 4.99 Å². The van der Waals surface area contributed by atoms with Crippen molar-refractivity contribution < 1.29 is 9.13 Å². The van der Waals surface area contributed by atoms with Gasteiger partial charge in [0.1, 0.15) is 5.82 Å². The number of hydrogen-bond donors (Lipinski definition) is 1. The average Bonchev–Trinajstić information content (AvgIpc) is 2.67. The summed E-state index contributed by atoms with van der Waals surface area (Å²) in [5.41, 5.74) is 7.31. The molecule has 0 saturated carbocycles. The number of nitrogens with two attached hydrogens (primary N) is 1. The maximum Gasteiger partial charge on any atom is 0.191 e. The number of anilines is 1. The third kappa shape index (κ3) is 5.39. The van der Waals surface area contributed by atoms with E-state index in [1.165, 1.54) is 12.1 Å². The Morgan fingerprint density at radius 3 is 2.38 bits per heavy atom. The number of guanidine groups is 1. The molecule has 146 valence electrons. The molecule has 1 aromatic rings. The first-order valence-corrected chi connectivity index (χ1v) is 10.0. The zero-order valence-corrected chi connectivity index (χ0v) is 18.3. The number of nitrogens with zero attached hydrogens (tertiary/aromatic N) is 3. The summed E-state index contributed by atoms with van der Waals surface area (Å²) in [6, 6.07) is 6.67. The normalized spacial score (nSPS) is 20.6. The van der Waals surface area contributed by atoms with E-state index < -0.39 is 0 Å². The first-order valence-electron chi connectivity index (χ1n) is 8.80. The molecule has 2 aliphatic heterocycles. The van der Waals surface area contributed by atoms with Crippen molar-refractivity contribution in [1.29, 1.82) is 0 Å². The van der Waals surface area contributed by atoms with Gasteiger partial charge in [0.05, 0.1) is 6.54 Å². The minimum atomic E-state index is -0.199. The second kappa shape index (κ2) is 9.98. The first-order chi connectivity index (χ1) is 12.1. The molecular formula is C18H28FIN4OS. The summed E-state index contributed by atoms with van der Waals surface area (Å²) in [5, 5.41) is 0. The molecule has 0 aliphatic carbocycles. The topological polar surface area (TPSA) is 54.1 Å². The molecule has 0 bridgehead atoms. The van der Waals surface area contributed by atoms with E-state index in [1.54, 1.807) is 0 Å². The summed E-state index contributed by atoms with van der Waals surface area (Å²) in [5.74, 6) is 0.438. The third-order valence-corrected chi connectivity index (χ3v) is 6.57. The van der Waals surface area contributed by atoms with Gasteiger partial charge < -0.3 is 20.3 Å². The molecule has 26 heavy (non-hydrogen) atoms. The van der Waals surface area contributed by atoms with Crippen LogP contribution in [0.15, 0.2) is 29.3 Å². The lowest BCUT2D eigenvalue weighted by Gasteiger charge is -2.37. The predicted molar refractivity (Wildman–Crippen MR) is 118 cm³/mol. The van der Waals surface area contributed by atoms with E-state index in [-0.39, 0.29) is 34.5 Å². The zero-order chi connectivity index (χ0) is 17.7. The smallest absolute Gasteiger partial charge is 0.191 e. The molecule has 2 fully saturated rings. The number of ether oxygens (including phenoxy) is 1. The number of hydrogen-bond acceptors (Lipinski definition) is 4. The van der Waals surface area contributed by atoms with Gasteiger partial charge in [-0.15, -0.1) is 24.0 Å². The highest BCUT2D eigenvalue weighted by Crippen LogP contribution is 2.34. The van der Waals surface area contributed by atoms with Gasteiger partial charge >= 0.3 is 0 Å². The van der Waals surface area contributed by atoms with Crippen LogP contribution in [-0.2, 0) is 4.74 Å². The first kappa shape index (κ1) is 21.6. The summed E-state index contributed by atoms with van der Waals surface area (Å²) >= 11 is 1.88. The maximum atomic E-state index is 13.1. The third-order valence-electron chi connectivity index (χ3n) is 5.16. The fourth-order valence-electron chi connectivity index (χ4n) is 3.34. The van der Waals surface area contributed by atoms with Crippen LogP contribution in [0.25, 0.3) is 0 Å². The molecule has 8 heteroatoms. The van der Waals surface area contributed by atoms with Crippen molar-refractivity contribution in [3.63, 3.8) is 0 Å². The molecule has 0 spiro atoms. The Bertz CT molecular complexity index is 587.